The second kappa shape index (κ2) is 8.94. The summed E-state index contributed by atoms with van der Waals surface area (Å²) in [6.07, 6.45) is 2.13. The maximum absolute atomic E-state index is 5.72. The number of nitrogens with one attached hydrogen (secondary N) is 1. The third-order valence-electron chi connectivity index (χ3n) is 3.04. The lowest BCUT2D eigenvalue weighted by Crippen LogP contribution is -2.27. The van der Waals surface area contributed by atoms with Crippen LogP contribution in [-0.2, 0) is 6.42 Å². The fraction of sp³-hybridized carbons (Fsp3) is 0.625. The number of nitrogens with zero attached hydrogens (tertiary/aromatic N) is 1. The van der Waals surface area contributed by atoms with Crippen LogP contribution in [0.2, 0.25) is 0 Å². The Morgan fingerprint density at radius 3 is 2.47 bits per heavy atom. The van der Waals surface area contributed by atoms with E-state index in [4.69, 9.17) is 4.74 Å². The zero-order valence-electron chi connectivity index (χ0n) is 12.8. The van der Waals surface area contributed by atoms with Crippen molar-refractivity contribution in [1.82, 2.24) is 10.2 Å². The van der Waals surface area contributed by atoms with E-state index in [9.17, 15) is 0 Å². The van der Waals surface area contributed by atoms with Crippen LogP contribution in [0.15, 0.2) is 24.3 Å². The summed E-state index contributed by atoms with van der Waals surface area (Å²) < 4.78 is 5.72. The van der Waals surface area contributed by atoms with E-state index in [-0.39, 0.29) is 0 Å². The highest BCUT2D eigenvalue weighted by molar-refractivity contribution is 5.27. The van der Waals surface area contributed by atoms with Crippen LogP contribution in [0.25, 0.3) is 0 Å². The molecule has 1 unspecified atom stereocenters. The molecule has 0 saturated heterocycles. The molecule has 0 bridgehead atoms. The molecule has 1 aromatic carbocycles. The quantitative estimate of drug-likeness (QED) is 0.694. The number of likely N-dealkylation sites (N-methyl/N-ethyl adjacent to an activating group) is 1. The van der Waals surface area contributed by atoms with Crippen molar-refractivity contribution in [2.75, 3.05) is 33.8 Å². The van der Waals surface area contributed by atoms with Crippen LogP contribution >= 0.6 is 0 Å². The molecule has 0 aliphatic heterocycles. The molecule has 3 nitrogen and oxygen atoms in total. The zero-order chi connectivity index (χ0) is 14.1. The van der Waals surface area contributed by atoms with Crippen LogP contribution < -0.4 is 10.1 Å². The average molecular weight is 264 g/mol. The minimum atomic E-state index is 0.525. The molecule has 0 aliphatic carbocycles. The van der Waals surface area contributed by atoms with Gasteiger partial charge in [0.2, 0.25) is 0 Å². The van der Waals surface area contributed by atoms with Gasteiger partial charge < -0.3 is 15.0 Å². The van der Waals surface area contributed by atoms with Gasteiger partial charge >= 0.3 is 0 Å². The number of ether oxygens (including phenoxy) is 1. The maximum atomic E-state index is 5.72. The predicted octanol–water partition coefficient (Wildman–Crippen LogP) is 2.56. The van der Waals surface area contributed by atoms with Gasteiger partial charge in [0.25, 0.3) is 0 Å². The van der Waals surface area contributed by atoms with Crippen molar-refractivity contribution < 1.29 is 4.74 Å². The molecule has 108 valence electrons. The summed E-state index contributed by atoms with van der Waals surface area (Å²) in [5, 5.41) is 3.43. The van der Waals surface area contributed by atoms with Gasteiger partial charge in [-0.05, 0) is 58.1 Å². The third-order valence-corrected chi connectivity index (χ3v) is 3.04. The first-order valence-electron chi connectivity index (χ1n) is 7.21. The molecule has 0 radical (unpaired) electrons. The molecule has 3 heteroatoms. The van der Waals surface area contributed by atoms with E-state index >= 15 is 0 Å². The Balaban J connectivity index is 2.31. The van der Waals surface area contributed by atoms with E-state index in [0.717, 1.165) is 38.3 Å². The first-order valence-corrected chi connectivity index (χ1v) is 7.21. The van der Waals surface area contributed by atoms with Crippen LogP contribution in [0.3, 0.4) is 0 Å². The molecule has 0 aromatic heterocycles. The van der Waals surface area contributed by atoms with Gasteiger partial charge in [-0.2, -0.15) is 0 Å². The number of benzene rings is 1. The number of hydrogen-bond acceptors (Lipinski definition) is 3. The Morgan fingerprint density at radius 1 is 1.21 bits per heavy atom. The van der Waals surface area contributed by atoms with Gasteiger partial charge in [0.05, 0.1) is 6.61 Å². The zero-order valence-corrected chi connectivity index (χ0v) is 12.8. The lowest BCUT2D eigenvalue weighted by molar-refractivity contribution is 0.281. The monoisotopic (exact) mass is 264 g/mol. The molecule has 1 atom stereocenters. The van der Waals surface area contributed by atoms with Gasteiger partial charge in [0.1, 0.15) is 5.75 Å². The third kappa shape index (κ3) is 7.19. The highest BCUT2D eigenvalue weighted by Gasteiger charge is 2.02. The van der Waals surface area contributed by atoms with Crippen molar-refractivity contribution in [2.24, 2.45) is 0 Å². The van der Waals surface area contributed by atoms with Gasteiger partial charge in [-0.25, -0.2) is 0 Å². The van der Waals surface area contributed by atoms with Gasteiger partial charge in [0.15, 0.2) is 0 Å². The van der Waals surface area contributed by atoms with Crippen LogP contribution in [0.4, 0.5) is 0 Å². The topological polar surface area (TPSA) is 24.5 Å². The Labute approximate surface area is 118 Å². The van der Waals surface area contributed by atoms with E-state index in [1.54, 1.807) is 0 Å². The Kier molecular flexibility index (Phi) is 7.53. The molecule has 0 amide bonds. The lowest BCUT2D eigenvalue weighted by atomic mass is 10.1. The summed E-state index contributed by atoms with van der Waals surface area (Å²) in [6, 6.07) is 8.99. The van der Waals surface area contributed by atoms with E-state index in [1.807, 2.05) is 0 Å². The molecule has 0 spiro atoms. The molecule has 1 aromatic rings. The van der Waals surface area contributed by atoms with Crippen molar-refractivity contribution in [3.8, 4) is 5.75 Å². The van der Waals surface area contributed by atoms with Gasteiger partial charge in [-0.15, -0.1) is 0 Å². The Bertz CT molecular complexity index is 335. The Morgan fingerprint density at radius 2 is 1.89 bits per heavy atom. The molecule has 0 heterocycles. The molecule has 19 heavy (non-hydrogen) atoms. The van der Waals surface area contributed by atoms with Gasteiger partial charge in [-0.3, -0.25) is 0 Å². The first kappa shape index (κ1) is 16.0. The fourth-order valence-electron chi connectivity index (χ4n) is 2.07. The maximum Gasteiger partial charge on any atom is 0.119 e. The fourth-order valence-corrected chi connectivity index (χ4v) is 2.07. The minimum Gasteiger partial charge on any atom is -0.494 e. The SMILES string of the molecule is CCNC(C)Cc1ccc(OCCCN(C)C)cc1. The number of rotatable bonds is 9. The van der Waals surface area contributed by atoms with Gasteiger partial charge in [0, 0.05) is 12.6 Å². The average Bonchev–Trinajstić information content (AvgIpc) is 2.36. The molecular formula is C16H28N2O. The van der Waals surface area contributed by atoms with E-state index in [2.05, 4.69) is 62.4 Å². The molecular weight excluding hydrogens is 236 g/mol. The minimum absolute atomic E-state index is 0.525. The smallest absolute Gasteiger partial charge is 0.119 e. The first-order chi connectivity index (χ1) is 9.11. The lowest BCUT2D eigenvalue weighted by Gasteiger charge is -2.13. The largest absolute Gasteiger partial charge is 0.494 e. The summed E-state index contributed by atoms with van der Waals surface area (Å²) >= 11 is 0. The van der Waals surface area contributed by atoms with Crippen molar-refractivity contribution in [3.05, 3.63) is 29.8 Å². The van der Waals surface area contributed by atoms with Gasteiger partial charge in [-0.1, -0.05) is 19.1 Å². The molecule has 0 fully saturated rings. The van der Waals surface area contributed by atoms with Crippen LogP contribution in [0.1, 0.15) is 25.8 Å². The summed E-state index contributed by atoms with van der Waals surface area (Å²) in [6.45, 7) is 7.23. The van der Waals surface area contributed by atoms with E-state index < -0.39 is 0 Å². The van der Waals surface area contributed by atoms with Crippen molar-refractivity contribution in [1.29, 1.82) is 0 Å². The second-order valence-corrected chi connectivity index (χ2v) is 5.31. The van der Waals surface area contributed by atoms with Crippen LogP contribution in [0.5, 0.6) is 5.75 Å². The van der Waals surface area contributed by atoms with Crippen molar-refractivity contribution in [3.63, 3.8) is 0 Å². The van der Waals surface area contributed by atoms with E-state index in [0.29, 0.717) is 6.04 Å². The molecule has 0 saturated carbocycles. The van der Waals surface area contributed by atoms with Crippen molar-refractivity contribution >= 4 is 0 Å². The highest BCUT2D eigenvalue weighted by Crippen LogP contribution is 2.13. The molecule has 1 rings (SSSR count). The normalized spacial score (nSPS) is 12.7. The summed E-state index contributed by atoms with van der Waals surface area (Å²) in [7, 11) is 4.17. The Hall–Kier alpha value is -1.06. The summed E-state index contributed by atoms with van der Waals surface area (Å²) in [5.74, 6) is 0.971. The standard InChI is InChI=1S/C16H28N2O/c1-5-17-14(2)13-15-7-9-16(10-8-15)19-12-6-11-18(3)4/h7-10,14,17H,5-6,11-13H2,1-4H3. The van der Waals surface area contributed by atoms with E-state index in [1.165, 1.54) is 5.56 Å². The summed E-state index contributed by atoms with van der Waals surface area (Å²) in [4.78, 5) is 2.18. The summed E-state index contributed by atoms with van der Waals surface area (Å²) in [5.41, 5.74) is 1.36. The molecule has 1 N–H and O–H groups in total. The van der Waals surface area contributed by atoms with Crippen molar-refractivity contribution in [2.45, 2.75) is 32.7 Å². The predicted molar refractivity (Wildman–Crippen MR) is 82.0 cm³/mol. The highest BCUT2D eigenvalue weighted by atomic mass is 16.5. The second-order valence-electron chi connectivity index (χ2n) is 5.31. The van der Waals surface area contributed by atoms with Crippen LogP contribution in [0, 0.1) is 0 Å². The van der Waals surface area contributed by atoms with Crippen LogP contribution in [-0.4, -0.2) is 44.7 Å². The number of hydrogen-bond donors (Lipinski definition) is 1. The molecule has 0 aliphatic rings.